The van der Waals surface area contributed by atoms with Gasteiger partial charge in [-0.2, -0.15) is 0 Å². The first-order valence-electron chi connectivity index (χ1n) is 12.8. The first-order chi connectivity index (χ1) is 15.9. The minimum absolute atomic E-state index is 0.0996. The average Bonchev–Trinajstić information content (AvgIpc) is 3.54. The van der Waals surface area contributed by atoms with Crippen LogP contribution in [-0.4, -0.2) is 112 Å². The SMILES string of the molecule is COC1CCC2CNN(C)C2C1NS(=O)(=O)C1CNN(C2CC(N3CC[C@@H](C)C3)CCN2)C1. The summed E-state index contributed by atoms with van der Waals surface area (Å²) < 4.78 is 35.8. The lowest BCUT2D eigenvalue weighted by Gasteiger charge is -2.41. The third-order valence-electron chi connectivity index (χ3n) is 8.79. The molecule has 33 heavy (non-hydrogen) atoms. The number of hydrazine groups is 2. The van der Waals surface area contributed by atoms with Crippen LogP contribution in [0, 0.1) is 11.8 Å². The van der Waals surface area contributed by atoms with Crippen molar-refractivity contribution in [1.82, 2.24) is 35.8 Å². The summed E-state index contributed by atoms with van der Waals surface area (Å²) in [5.74, 6) is 1.23. The third-order valence-corrected chi connectivity index (χ3v) is 10.6. The van der Waals surface area contributed by atoms with E-state index in [0.717, 1.165) is 38.3 Å². The number of likely N-dealkylation sites (N-methyl/N-ethyl adjacent to an activating group) is 1. The molecule has 5 fully saturated rings. The molecule has 4 heterocycles. The molecule has 0 bridgehead atoms. The second-order valence-corrected chi connectivity index (χ2v) is 12.9. The van der Waals surface area contributed by atoms with E-state index in [2.05, 4.69) is 42.7 Å². The van der Waals surface area contributed by atoms with Crippen LogP contribution in [0.2, 0.25) is 0 Å². The number of hydrogen-bond donors (Lipinski definition) is 4. The summed E-state index contributed by atoms with van der Waals surface area (Å²) in [5.41, 5.74) is 6.78. The Hall–Kier alpha value is -0.370. The number of hydrogen-bond acceptors (Lipinski definition) is 9. The van der Waals surface area contributed by atoms with Crippen LogP contribution in [0.5, 0.6) is 0 Å². The highest BCUT2D eigenvalue weighted by atomic mass is 32.2. The Morgan fingerprint density at radius 2 is 1.91 bits per heavy atom. The molecule has 4 saturated heterocycles. The van der Waals surface area contributed by atoms with Crippen molar-refractivity contribution in [3.63, 3.8) is 0 Å². The zero-order valence-electron chi connectivity index (χ0n) is 20.4. The van der Waals surface area contributed by atoms with E-state index >= 15 is 0 Å². The topological polar surface area (TPSA) is 101 Å². The maximum atomic E-state index is 13.5. The van der Waals surface area contributed by atoms with Crippen LogP contribution in [-0.2, 0) is 14.8 Å². The van der Waals surface area contributed by atoms with Crippen molar-refractivity contribution in [2.24, 2.45) is 11.8 Å². The summed E-state index contributed by atoms with van der Waals surface area (Å²) in [6.07, 6.45) is 5.52. The molecule has 5 aliphatic rings. The molecule has 0 aromatic heterocycles. The smallest absolute Gasteiger partial charge is 0.217 e. The van der Waals surface area contributed by atoms with Crippen molar-refractivity contribution >= 4 is 10.0 Å². The van der Waals surface area contributed by atoms with Gasteiger partial charge in [0, 0.05) is 52.4 Å². The molecule has 10 nitrogen and oxygen atoms in total. The molecule has 1 aliphatic carbocycles. The maximum absolute atomic E-state index is 13.5. The van der Waals surface area contributed by atoms with E-state index in [1.54, 1.807) is 7.11 Å². The molecule has 7 unspecified atom stereocenters. The summed E-state index contributed by atoms with van der Waals surface area (Å²) in [5, 5.41) is 7.36. The summed E-state index contributed by atoms with van der Waals surface area (Å²) in [6.45, 7) is 7.56. The van der Waals surface area contributed by atoms with Crippen LogP contribution in [0.15, 0.2) is 0 Å². The Kier molecular flexibility index (Phi) is 7.33. The average molecular weight is 486 g/mol. The molecular formula is C22H43N7O3S. The molecule has 8 atom stereocenters. The Balaban J connectivity index is 1.21. The van der Waals surface area contributed by atoms with Crippen LogP contribution in [0.25, 0.3) is 0 Å². The van der Waals surface area contributed by atoms with E-state index in [0.29, 0.717) is 25.0 Å². The van der Waals surface area contributed by atoms with E-state index in [4.69, 9.17) is 4.74 Å². The molecule has 4 N–H and O–H groups in total. The van der Waals surface area contributed by atoms with Gasteiger partial charge in [-0.15, -0.1) is 0 Å². The predicted octanol–water partition coefficient (Wildman–Crippen LogP) is -0.873. The van der Waals surface area contributed by atoms with Gasteiger partial charge in [0.1, 0.15) is 5.25 Å². The van der Waals surface area contributed by atoms with Gasteiger partial charge >= 0.3 is 0 Å². The van der Waals surface area contributed by atoms with Gasteiger partial charge < -0.3 is 10.1 Å². The molecule has 0 spiro atoms. The number of nitrogens with zero attached hydrogens (tertiary/aromatic N) is 3. The lowest BCUT2D eigenvalue weighted by atomic mass is 9.80. The number of nitrogens with one attached hydrogen (secondary N) is 4. The van der Waals surface area contributed by atoms with Crippen molar-refractivity contribution in [2.75, 3.05) is 53.4 Å². The largest absolute Gasteiger partial charge is 0.380 e. The van der Waals surface area contributed by atoms with Crippen LogP contribution >= 0.6 is 0 Å². The Bertz CT molecular complexity index is 786. The number of ether oxygens (including phenoxy) is 1. The predicted molar refractivity (Wildman–Crippen MR) is 128 cm³/mol. The number of sulfonamides is 1. The van der Waals surface area contributed by atoms with Gasteiger partial charge in [0.15, 0.2) is 0 Å². The maximum Gasteiger partial charge on any atom is 0.217 e. The summed E-state index contributed by atoms with van der Waals surface area (Å²) in [6, 6.07) is 0.471. The van der Waals surface area contributed by atoms with E-state index in [1.165, 1.54) is 25.9 Å². The van der Waals surface area contributed by atoms with Crippen LogP contribution in [0.1, 0.15) is 39.0 Å². The Labute approximate surface area is 199 Å². The molecule has 11 heteroatoms. The lowest BCUT2D eigenvalue weighted by molar-refractivity contribution is 0.00328. The Morgan fingerprint density at radius 3 is 2.67 bits per heavy atom. The van der Waals surface area contributed by atoms with Crippen molar-refractivity contribution in [3.05, 3.63) is 0 Å². The van der Waals surface area contributed by atoms with Crippen molar-refractivity contribution in [2.45, 2.75) is 74.7 Å². The van der Waals surface area contributed by atoms with Gasteiger partial charge in [-0.1, -0.05) is 6.92 Å². The summed E-state index contributed by atoms with van der Waals surface area (Å²) in [4.78, 5) is 2.64. The highest BCUT2D eigenvalue weighted by molar-refractivity contribution is 7.90. The van der Waals surface area contributed by atoms with Crippen molar-refractivity contribution in [3.8, 4) is 0 Å². The van der Waals surface area contributed by atoms with Gasteiger partial charge in [0.2, 0.25) is 10.0 Å². The minimum Gasteiger partial charge on any atom is -0.380 e. The number of methoxy groups -OCH3 is 1. The number of rotatable bonds is 6. The zero-order chi connectivity index (χ0) is 23.2. The number of fused-ring (bicyclic) bond motifs is 1. The fourth-order valence-corrected chi connectivity index (χ4v) is 8.36. The molecule has 4 aliphatic heterocycles. The normalized spacial score (nSPS) is 43.8. The van der Waals surface area contributed by atoms with Crippen LogP contribution in [0.4, 0.5) is 0 Å². The second-order valence-electron chi connectivity index (χ2n) is 10.9. The number of likely N-dealkylation sites (tertiary alicyclic amines) is 1. The number of piperidine rings is 1. The van der Waals surface area contributed by atoms with Crippen molar-refractivity contribution < 1.29 is 13.2 Å². The van der Waals surface area contributed by atoms with Gasteiger partial charge in [-0.05, 0) is 57.0 Å². The highest BCUT2D eigenvalue weighted by Crippen LogP contribution is 2.33. The quantitative estimate of drug-likeness (QED) is 0.382. The summed E-state index contributed by atoms with van der Waals surface area (Å²) in [7, 11) is 0.204. The van der Waals surface area contributed by atoms with Gasteiger partial charge in [0.25, 0.3) is 0 Å². The van der Waals surface area contributed by atoms with E-state index in [9.17, 15) is 8.42 Å². The molecule has 0 amide bonds. The van der Waals surface area contributed by atoms with Gasteiger partial charge in [0.05, 0.1) is 18.3 Å². The highest BCUT2D eigenvalue weighted by Gasteiger charge is 2.48. The minimum atomic E-state index is -3.50. The standard InChI is InChI=1S/C22H43N7O3S/c1-15-7-9-28(13-15)17-6-8-23-20(10-17)29-14-18(12-25-29)33(30,31)26-21-19(32-3)5-4-16-11-24-27(2)22(16)21/h15-26H,4-14H2,1-3H3/t15-,16?,17?,18?,19?,20?,21?,22?/m1/s1. The Morgan fingerprint density at radius 1 is 1.06 bits per heavy atom. The third kappa shape index (κ3) is 4.99. The van der Waals surface area contributed by atoms with E-state index in [-0.39, 0.29) is 24.4 Å². The van der Waals surface area contributed by atoms with Crippen LogP contribution < -0.4 is 20.9 Å². The lowest BCUT2D eigenvalue weighted by Crippen LogP contribution is -2.61. The molecule has 5 rings (SSSR count). The monoisotopic (exact) mass is 485 g/mol. The molecule has 0 radical (unpaired) electrons. The molecule has 0 aromatic carbocycles. The summed E-state index contributed by atoms with van der Waals surface area (Å²) >= 11 is 0. The van der Waals surface area contributed by atoms with E-state index in [1.807, 2.05) is 7.05 Å². The van der Waals surface area contributed by atoms with Crippen molar-refractivity contribution in [1.29, 1.82) is 0 Å². The van der Waals surface area contributed by atoms with E-state index < -0.39 is 15.3 Å². The first-order valence-corrected chi connectivity index (χ1v) is 14.4. The first kappa shape index (κ1) is 24.3. The van der Waals surface area contributed by atoms with Gasteiger partial charge in [-0.3, -0.25) is 15.8 Å². The van der Waals surface area contributed by atoms with Gasteiger partial charge in [-0.25, -0.2) is 23.2 Å². The second kappa shape index (κ2) is 9.94. The zero-order valence-corrected chi connectivity index (χ0v) is 21.2. The van der Waals surface area contributed by atoms with Crippen LogP contribution in [0.3, 0.4) is 0 Å². The molecule has 1 saturated carbocycles. The molecular weight excluding hydrogens is 442 g/mol. The fourth-order valence-electron chi connectivity index (χ4n) is 6.84. The molecule has 190 valence electrons. The fraction of sp³-hybridized carbons (Fsp3) is 1.00. The molecule has 0 aromatic rings.